The van der Waals surface area contributed by atoms with Gasteiger partial charge in [-0.3, -0.25) is 10.1 Å². The SMILES string of the molecule is CCCn1c(OC(=O)Nc2ccccc2)cc2cc(NC(=O)CC3CC4CCC3C4)ccc21. The molecule has 6 nitrogen and oxygen atoms in total. The van der Waals surface area contributed by atoms with E-state index >= 15 is 0 Å². The van der Waals surface area contributed by atoms with Gasteiger partial charge in [0.2, 0.25) is 11.8 Å². The van der Waals surface area contributed by atoms with Crippen LogP contribution in [0.4, 0.5) is 16.2 Å². The maximum absolute atomic E-state index is 12.7. The Morgan fingerprint density at radius 1 is 1.00 bits per heavy atom. The second-order valence-corrected chi connectivity index (χ2v) is 9.48. The first-order valence-electron chi connectivity index (χ1n) is 12.1. The van der Waals surface area contributed by atoms with Gasteiger partial charge >= 0.3 is 6.09 Å². The predicted octanol–water partition coefficient (Wildman–Crippen LogP) is 6.43. The molecule has 2 aliphatic rings. The molecule has 1 heterocycles. The number of carbonyl (C=O) groups is 2. The molecule has 6 heteroatoms. The number of aryl methyl sites for hydroxylation is 1. The Morgan fingerprint density at radius 2 is 1.85 bits per heavy atom. The third-order valence-corrected chi connectivity index (χ3v) is 7.14. The standard InChI is InChI=1S/C27H31N3O3/c1-2-12-30-24-11-10-23(28-25(31)16-20-14-18-8-9-19(20)13-18)15-21(24)17-26(30)33-27(32)29-22-6-4-3-5-7-22/h3-7,10-11,15,17-20H,2,8-9,12-14,16H2,1H3,(H,28,31)(H,29,32). The van der Waals surface area contributed by atoms with Crippen LogP contribution in [0.25, 0.3) is 10.9 Å². The van der Waals surface area contributed by atoms with Gasteiger partial charge in [-0.1, -0.05) is 31.5 Å². The van der Waals surface area contributed by atoms with E-state index in [9.17, 15) is 9.59 Å². The number of aromatic nitrogens is 1. The summed E-state index contributed by atoms with van der Waals surface area (Å²) in [5.41, 5.74) is 2.44. The number of rotatable bonds is 7. The highest BCUT2D eigenvalue weighted by molar-refractivity contribution is 5.95. The van der Waals surface area contributed by atoms with Crippen LogP contribution in [-0.2, 0) is 11.3 Å². The number of para-hydroxylation sites is 1. The molecule has 3 aromatic rings. The molecule has 2 N–H and O–H groups in total. The summed E-state index contributed by atoms with van der Waals surface area (Å²) in [6.07, 6.45) is 6.16. The highest BCUT2D eigenvalue weighted by Gasteiger charge is 2.40. The van der Waals surface area contributed by atoms with Crippen molar-refractivity contribution in [2.24, 2.45) is 17.8 Å². The fourth-order valence-corrected chi connectivity index (χ4v) is 5.70. The molecule has 0 aliphatic heterocycles. The van der Waals surface area contributed by atoms with Crippen LogP contribution in [0.5, 0.6) is 5.88 Å². The molecule has 2 amide bonds. The zero-order valence-electron chi connectivity index (χ0n) is 19.0. The molecule has 1 aromatic heterocycles. The lowest BCUT2D eigenvalue weighted by Crippen LogP contribution is -2.20. The third kappa shape index (κ3) is 4.75. The maximum Gasteiger partial charge on any atom is 0.418 e. The Labute approximate surface area is 194 Å². The molecule has 2 fully saturated rings. The number of fused-ring (bicyclic) bond motifs is 3. The quantitative estimate of drug-likeness (QED) is 0.440. The lowest BCUT2D eigenvalue weighted by molar-refractivity contribution is -0.117. The van der Waals surface area contributed by atoms with E-state index in [4.69, 9.17) is 4.74 Å². The van der Waals surface area contributed by atoms with E-state index in [2.05, 4.69) is 17.6 Å². The lowest BCUT2D eigenvalue weighted by Gasteiger charge is -2.20. The molecule has 0 radical (unpaired) electrons. The molecule has 3 atom stereocenters. The van der Waals surface area contributed by atoms with Gasteiger partial charge in [0.25, 0.3) is 0 Å². The molecule has 5 rings (SSSR count). The van der Waals surface area contributed by atoms with E-state index < -0.39 is 6.09 Å². The molecule has 172 valence electrons. The van der Waals surface area contributed by atoms with Gasteiger partial charge in [0.15, 0.2) is 0 Å². The zero-order valence-corrected chi connectivity index (χ0v) is 19.0. The van der Waals surface area contributed by atoms with E-state index in [0.717, 1.165) is 41.4 Å². The van der Waals surface area contributed by atoms with Crippen LogP contribution in [0.2, 0.25) is 0 Å². The number of hydrogen-bond acceptors (Lipinski definition) is 3. The molecular weight excluding hydrogens is 414 g/mol. The molecule has 0 spiro atoms. The maximum atomic E-state index is 12.7. The summed E-state index contributed by atoms with van der Waals surface area (Å²) in [6, 6.07) is 17.0. The van der Waals surface area contributed by atoms with Crippen LogP contribution < -0.4 is 15.4 Å². The van der Waals surface area contributed by atoms with Crippen molar-refractivity contribution in [1.82, 2.24) is 4.57 Å². The van der Waals surface area contributed by atoms with Crippen molar-refractivity contribution in [2.45, 2.75) is 52.0 Å². The van der Waals surface area contributed by atoms with Gasteiger partial charge < -0.3 is 14.6 Å². The Morgan fingerprint density at radius 3 is 2.58 bits per heavy atom. The Balaban J connectivity index is 1.29. The van der Waals surface area contributed by atoms with Crippen LogP contribution in [0.3, 0.4) is 0 Å². The normalized spacial score (nSPS) is 21.3. The summed E-state index contributed by atoms with van der Waals surface area (Å²) >= 11 is 0. The Kier molecular flexibility index (Phi) is 6.07. The van der Waals surface area contributed by atoms with Crippen LogP contribution in [-0.4, -0.2) is 16.6 Å². The minimum atomic E-state index is -0.527. The first-order valence-corrected chi connectivity index (χ1v) is 12.1. The first-order chi connectivity index (χ1) is 16.1. The molecular formula is C27H31N3O3. The number of carbonyl (C=O) groups excluding carboxylic acids is 2. The van der Waals surface area contributed by atoms with Crippen LogP contribution in [0, 0.1) is 17.8 Å². The fraction of sp³-hybridized carbons (Fsp3) is 0.407. The second-order valence-electron chi connectivity index (χ2n) is 9.48. The number of benzene rings is 2. The largest absolute Gasteiger partial charge is 0.418 e. The molecule has 2 aromatic carbocycles. The van der Waals surface area contributed by atoms with Crippen LogP contribution in [0.1, 0.15) is 45.4 Å². The van der Waals surface area contributed by atoms with E-state index in [1.54, 1.807) is 0 Å². The zero-order chi connectivity index (χ0) is 22.8. The average Bonchev–Trinajstić information content (AvgIpc) is 3.49. The average molecular weight is 446 g/mol. The van der Waals surface area contributed by atoms with Crippen molar-refractivity contribution in [3.05, 3.63) is 54.6 Å². The van der Waals surface area contributed by atoms with Gasteiger partial charge in [-0.2, -0.15) is 0 Å². The van der Waals surface area contributed by atoms with Crippen molar-refractivity contribution in [2.75, 3.05) is 10.6 Å². The number of amides is 2. The van der Waals surface area contributed by atoms with Gasteiger partial charge in [0, 0.05) is 35.8 Å². The highest BCUT2D eigenvalue weighted by Crippen LogP contribution is 2.49. The number of nitrogens with one attached hydrogen (secondary N) is 2. The van der Waals surface area contributed by atoms with E-state index in [1.807, 2.05) is 59.2 Å². The molecule has 2 bridgehead atoms. The van der Waals surface area contributed by atoms with E-state index in [-0.39, 0.29) is 5.91 Å². The summed E-state index contributed by atoms with van der Waals surface area (Å²) in [6.45, 7) is 2.82. The van der Waals surface area contributed by atoms with Gasteiger partial charge in [-0.05, 0) is 73.8 Å². The smallest absolute Gasteiger partial charge is 0.393 e. The summed E-state index contributed by atoms with van der Waals surface area (Å²) < 4.78 is 7.65. The van der Waals surface area contributed by atoms with Crippen molar-refractivity contribution < 1.29 is 14.3 Å². The summed E-state index contributed by atoms with van der Waals surface area (Å²) in [5.74, 6) is 2.72. The Hall–Kier alpha value is -3.28. The second kappa shape index (κ2) is 9.30. The third-order valence-electron chi connectivity index (χ3n) is 7.14. The number of ether oxygens (including phenoxy) is 1. The van der Waals surface area contributed by atoms with E-state index in [1.165, 1.54) is 25.7 Å². The Bertz CT molecular complexity index is 1150. The lowest BCUT2D eigenvalue weighted by atomic mass is 9.86. The van der Waals surface area contributed by atoms with E-state index in [0.29, 0.717) is 23.9 Å². The number of nitrogens with zero attached hydrogens (tertiary/aromatic N) is 1. The fourth-order valence-electron chi connectivity index (χ4n) is 5.70. The minimum Gasteiger partial charge on any atom is -0.393 e. The number of hydrogen-bond donors (Lipinski definition) is 2. The van der Waals surface area contributed by atoms with Crippen molar-refractivity contribution in [3.8, 4) is 5.88 Å². The summed E-state index contributed by atoms with van der Waals surface area (Å²) in [4.78, 5) is 25.1. The van der Waals surface area contributed by atoms with Crippen molar-refractivity contribution >= 4 is 34.3 Å². The van der Waals surface area contributed by atoms with Crippen LogP contribution >= 0.6 is 0 Å². The minimum absolute atomic E-state index is 0.0959. The molecule has 33 heavy (non-hydrogen) atoms. The molecule has 2 aliphatic carbocycles. The van der Waals surface area contributed by atoms with Gasteiger partial charge in [-0.25, -0.2) is 4.79 Å². The topological polar surface area (TPSA) is 72.4 Å². The van der Waals surface area contributed by atoms with Gasteiger partial charge in [0.1, 0.15) is 0 Å². The van der Waals surface area contributed by atoms with Crippen molar-refractivity contribution in [3.63, 3.8) is 0 Å². The van der Waals surface area contributed by atoms with Crippen LogP contribution in [0.15, 0.2) is 54.6 Å². The molecule has 3 unspecified atom stereocenters. The summed E-state index contributed by atoms with van der Waals surface area (Å²) in [5, 5.41) is 6.78. The predicted molar refractivity (Wildman–Crippen MR) is 131 cm³/mol. The first kappa shape index (κ1) is 21.6. The van der Waals surface area contributed by atoms with Gasteiger partial charge in [-0.15, -0.1) is 0 Å². The highest BCUT2D eigenvalue weighted by atomic mass is 16.6. The number of anilines is 2. The van der Waals surface area contributed by atoms with Crippen molar-refractivity contribution in [1.29, 1.82) is 0 Å². The van der Waals surface area contributed by atoms with Gasteiger partial charge in [0.05, 0.1) is 5.52 Å². The molecule has 0 saturated heterocycles. The summed E-state index contributed by atoms with van der Waals surface area (Å²) in [7, 11) is 0. The molecule has 2 saturated carbocycles. The monoisotopic (exact) mass is 445 g/mol.